The molecule has 2 rings (SSSR count). The molecule has 0 spiro atoms. The van der Waals surface area contributed by atoms with E-state index in [4.69, 9.17) is 5.26 Å². The van der Waals surface area contributed by atoms with E-state index in [2.05, 4.69) is 12.2 Å². The van der Waals surface area contributed by atoms with Crippen LogP contribution in [0.1, 0.15) is 42.1 Å². The molecule has 0 saturated heterocycles. The quantitative estimate of drug-likeness (QED) is 0.838. The monoisotopic (exact) mass is 214 g/mol. The van der Waals surface area contributed by atoms with Crippen LogP contribution in [0, 0.1) is 11.3 Å². The van der Waals surface area contributed by atoms with E-state index in [9.17, 15) is 4.79 Å². The second-order valence-electron chi connectivity index (χ2n) is 4.28. The van der Waals surface area contributed by atoms with Crippen molar-refractivity contribution in [1.29, 1.82) is 5.26 Å². The minimum absolute atomic E-state index is 0.0381. The SMILES string of the molecule is CCC1(NC(=O)c2ccc(C#N)cc2)CC1. The highest BCUT2D eigenvalue weighted by atomic mass is 16.1. The van der Waals surface area contributed by atoms with Crippen LogP contribution >= 0.6 is 0 Å². The van der Waals surface area contributed by atoms with Gasteiger partial charge in [0, 0.05) is 11.1 Å². The van der Waals surface area contributed by atoms with Crippen LogP contribution in [0.3, 0.4) is 0 Å². The molecule has 0 atom stereocenters. The topological polar surface area (TPSA) is 52.9 Å². The summed E-state index contributed by atoms with van der Waals surface area (Å²) >= 11 is 0. The number of nitrogens with one attached hydrogen (secondary N) is 1. The lowest BCUT2D eigenvalue weighted by atomic mass is 10.1. The Morgan fingerprint density at radius 3 is 2.50 bits per heavy atom. The first-order valence-electron chi connectivity index (χ1n) is 5.52. The second kappa shape index (κ2) is 3.97. The molecule has 3 heteroatoms. The predicted octanol–water partition coefficient (Wildman–Crippen LogP) is 2.23. The predicted molar refractivity (Wildman–Crippen MR) is 60.9 cm³/mol. The minimum Gasteiger partial charge on any atom is -0.347 e. The lowest BCUT2D eigenvalue weighted by Crippen LogP contribution is -2.36. The molecule has 16 heavy (non-hydrogen) atoms. The molecule has 0 unspecified atom stereocenters. The molecule has 1 amide bonds. The van der Waals surface area contributed by atoms with Gasteiger partial charge in [0.15, 0.2) is 0 Å². The van der Waals surface area contributed by atoms with E-state index in [-0.39, 0.29) is 11.4 Å². The Kier molecular flexibility index (Phi) is 2.66. The molecule has 0 aliphatic heterocycles. The van der Waals surface area contributed by atoms with Crippen molar-refractivity contribution < 1.29 is 4.79 Å². The van der Waals surface area contributed by atoms with Crippen LogP contribution in [0.2, 0.25) is 0 Å². The van der Waals surface area contributed by atoms with Crippen molar-refractivity contribution in [2.75, 3.05) is 0 Å². The number of carbonyl (C=O) groups is 1. The van der Waals surface area contributed by atoms with E-state index >= 15 is 0 Å². The smallest absolute Gasteiger partial charge is 0.251 e. The highest BCUT2D eigenvalue weighted by Gasteiger charge is 2.42. The molecule has 82 valence electrons. The third-order valence-corrected chi connectivity index (χ3v) is 3.19. The standard InChI is InChI=1S/C13H14N2O/c1-2-13(7-8-13)15-12(16)11-5-3-10(9-14)4-6-11/h3-6H,2,7-8H2,1H3,(H,15,16). The number of nitriles is 1. The number of rotatable bonds is 3. The highest BCUT2D eigenvalue weighted by Crippen LogP contribution is 2.38. The fourth-order valence-electron chi connectivity index (χ4n) is 1.73. The number of carbonyl (C=O) groups excluding carboxylic acids is 1. The first-order chi connectivity index (χ1) is 7.69. The molecule has 3 nitrogen and oxygen atoms in total. The van der Waals surface area contributed by atoms with Crippen LogP contribution in [0.4, 0.5) is 0 Å². The minimum atomic E-state index is -0.0381. The maximum atomic E-state index is 11.9. The number of amides is 1. The van der Waals surface area contributed by atoms with Gasteiger partial charge in [0.05, 0.1) is 11.6 Å². The third-order valence-electron chi connectivity index (χ3n) is 3.19. The van der Waals surface area contributed by atoms with Crippen LogP contribution in [0.25, 0.3) is 0 Å². The molecule has 1 aliphatic rings. The van der Waals surface area contributed by atoms with E-state index < -0.39 is 0 Å². The molecule has 1 aromatic carbocycles. The maximum absolute atomic E-state index is 11.9. The van der Waals surface area contributed by atoms with Crippen LogP contribution in [-0.2, 0) is 0 Å². The van der Waals surface area contributed by atoms with Gasteiger partial charge < -0.3 is 5.32 Å². The van der Waals surface area contributed by atoms with Crippen LogP contribution < -0.4 is 5.32 Å². The molecule has 1 aliphatic carbocycles. The summed E-state index contributed by atoms with van der Waals surface area (Å²) in [5.41, 5.74) is 1.25. The molecule has 1 fully saturated rings. The van der Waals surface area contributed by atoms with Crippen molar-refractivity contribution in [3.8, 4) is 6.07 Å². The summed E-state index contributed by atoms with van der Waals surface area (Å²) < 4.78 is 0. The van der Waals surface area contributed by atoms with Gasteiger partial charge >= 0.3 is 0 Å². The Morgan fingerprint density at radius 2 is 2.06 bits per heavy atom. The molecular formula is C13H14N2O. The largest absolute Gasteiger partial charge is 0.347 e. The number of benzene rings is 1. The molecule has 0 aromatic heterocycles. The van der Waals surface area contributed by atoms with Crippen molar-refractivity contribution in [2.24, 2.45) is 0 Å². The zero-order chi connectivity index (χ0) is 11.6. The third kappa shape index (κ3) is 2.06. The first kappa shape index (κ1) is 10.7. The van der Waals surface area contributed by atoms with Crippen LogP contribution in [-0.4, -0.2) is 11.4 Å². The van der Waals surface area contributed by atoms with E-state index in [1.54, 1.807) is 24.3 Å². The number of hydrogen-bond acceptors (Lipinski definition) is 2. The Hall–Kier alpha value is -1.82. The van der Waals surface area contributed by atoms with Gasteiger partial charge in [-0.05, 0) is 43.5 Å². The van der Waals surface area contributed by atoms with Gasteiger partial charge in [0.25, 0.3) is 5.91 Å². The lowest BCUT2D eigenvalue weighted by Gasteiger charge is -2.14. The average molecular weight is 214 g/mol. The van der Waals surface area contributed by atoms with Crippen molar-refractivity contribution in [1.82, 2.24) is 5.32 Å². The second-order valence-corrected chi connectivity index (χ2v) is 4.28. The van der Waals surface area contributed by atoms with E-state index in [0.717, 1.165) is 19.3 Å². The highest BCUT2D eigenvalue weighted by molar-refractivity contribution is 5.95. The van der Waals surface area contributed by atoms with Crippen molar-refractivity contribution in [3.05, 3.63) is 35.4 Å². The summed E-state index contributed by atoms with van der Waals surface area (Å²) in [6.07, 6.45) is 3.13. The number of nitrogens with zero attached hydrogens (tertiary/aromatic N) is 1. The average Bonchev–Trinajstić information content (AvgIpc) is 3.09. The Morgan fingerprint density at radius 1 is 1.44 bits per heavy atom. The lowest BCUT2D eigenvalue weighted by molar-refractivity contribution is 0.0930. The van der Waals surface area contributed by atoms with E-state index in [0.29, 0.717) is 11.1 Å². The van der Waals surface area contributed by atoms with Crippen molar-refractivity contribution in [3.63, 3.8) is 0 Å². The summed E-state index contributed by atoms with van der Waals surface area (Å²) in [7, 11) is 0. The summed E-state index contributed by atoms with van der Waals surface area (Å²) in [5, 5.41) is 11.7. The molecule has 1 aromatic rings. The molecule has 0 heterocycles. The van der Waals surface area contributed by atoms with Gasteiger partial charge in [0.2, 0.25) is 0 Å². The van der Waals surface area contributed by atoms with Gasteiger partial charge in [0.1, 0.15) is 0 Å². The number of hydrogen-bond donors (Lipinski definition) is 1. The first-order valence-corrected chi connectivity index (χ1v) is 5.52. The zero-order valence-electron chi connectivity index (χ0n) is 9.29. The zero-order valence-corrected chi connectivity index (χ0v) is 9.29. The summed E-state index contributed by atoms with van der Waals surface area (Å²) in [4.78, 5) is 11.9. The van der Waals surface area contributed by atoms with E-state index in [1.165, 1.54) is 0 Å². The van der Waals surface area contributed by atoms with Gasteiger partial charge in [-0.15, -0.1) is 0 Å². The Labute approximate surface area is 95.1 Å². The summed E-state index contributed by atoms with van der Waals surface area (Å²) in [6.45, 7) is 2.09. The van der Waals surface area contributed by atoms with E-state index in [1.807, 2.05) is 6.07 Å². The molecule has 0 radical (unpaired) electrons. The van der Waals surface area contributed by atoms with Crippen LogP contribution in [0.5, 0.6) is 0 Å². The maximum Gasteiger partial charge on any atom is 0.251 e. The fraction of sp³-hybridized carbons (Fsp3) is 0.385. The normalized spacial score (nSPS) is 16.2. The van der Waals surface area contributed by atoms with Crippen molar-refractivity contribution in [2.45, 2.75) is 31.7 Å². The van der Waals surface area contributed by atoms with Gasteiger partial charge in [-0.1, -0.05) is 6.92 Å². The fourth-order valence-corrected chi connectivity index (χ4v) is 1.73. The van der Waals surface area contributed by atoms with Gasteiger partial charge in [-0.25, -0.2) is 0 Å². The van der Waals surface area contributed by atoms with Gasteiger partial charge in [-0.2, -0.15) is 5.26 Å². The molecule has 0 bridgehead atoms. The Balaban J connectivity index is 2.07. The van der Waals surface area contributed by atoms with Crippen LogP contribution in [0.15, 0.2) is 24.3 Å². The molecule has 1 N–H and O–H groups in total. The Bertz CT molecular complexity index is 438. The summed E-state index contributed by atoms with van der Waals surface area (Å²) in [6, 6.07) is 8.76. The van der Waals surface area contributed by atoms with Crippen molar-refractivity contribution >= 4 is 5.91 Å². The van der Waals surface area contributed by atoms with Gasteiger partial charge in [-0.3, -0.25) is 4.79 Å². The summed E-state index contributed by atoms with van der Waals surface area (Å²) in [5.74, 6) is -0.0381. The molecular weight excluding hydrogens is 200 g/mol. The molecule has 1 saturated carbocycles.